The highest BCUT2D eigenvalue weighted by atomic mass is 19.4. The maximum Gasteiger partial charge on any atom is 0.416 e. The number of hydrogen-bond acceptors (Lipinski definition) is 9. The van der Waals surface area contributed by atoms with Gasteiger partial charge >= 0.3 is 18.4 Å². The molecule has 0 bridgehead atoms. The Morgan fingerprint density at radius 2 is 1.53 bits per heavy atom. The van der Waals surface area contributed by atoms with Crippen LogP contribution in [0.4, 0.5) is 42.5 Å². The summed E-state index contributed by atoms with van der Waals surface area (Å²) >= 11 is 0. The highest BCUT2D eigenvalue weighted by Gasteiger charge is 2.64. The van der Waals surface area contributed by atoms with E-state index in [9.17, 15) is 71.1 Å². The van der Waals surface area contributed by atoms with Crippen LogP contribution in [-0.2, 0) is 21.9 Å². The molecular weight excluding hydrogens is 648 g/mol. The van der Waals surface area contributed by atoms with Crippen LogP contribution in [0.5, 0.6) is 5.75 Å². The Morgan fingerprint density at radius 1 is 0.957 bits per heavy atom. The summed E-state index contributed by atoms with van der Waals surface area (Å²) in [6, 6.07) is 1.13. The Labute approximate surface area is 258 Å². The molecule has 3 amide bonds. The number of aromatic hydroxyl groups is 1. The van der Waals surface area contributed by atoms with Gasteiger partial charge in [-0.1, -0.05) is 13.0 Å². The number of rotatable bonds is 3. The third-order valence-electron chi connectivity index (χ3n) is 8.59. The SMILES string of the molecule is C[C@H]1c2ccc(NC(=O)Nc3cc(C(F)(F)F)cc(C(F)(F)F)c3)c(O)c2C(=O)C2=C(O)[C@]3(O)C(=O)C(C(N)=O)=C(O)C[C@@H]3[C@@H](O)[C@@H]21. The van der Waals surface area contributed by atoms with Crippen molar-refractivity contribution in [1.82, 2.24) is 0 Å². The van der Waals surface area contributed by atoms with E-state index in [0.717, 1.165) is 6.07 Å². The van der Waals surface area contributed by atoms with E-state index in [1.54, 1.807) is 5.32 Å². The summed E-state index contributed by atoms with van der Waals surface area (Å²) < 4.78 is 79.3. The van der Waals surface area contributed by atoms with Crippen molar-refractivity contribution in [3.8, 4) is 5.75 Å². The second kappa shape index (κ2) is 10.7. The minimum Gasteiger partial charge on any atom is -0.511 e. The van der Waals surface area contributed by atoms with Gasteiger partial charge in [-0.3, -0.25) is 14.4 Å². The molecule has 2 aromatic carbocycles. The van der Waals surface area contributed by atoms with Crippen molar-refractivity contribution < 1.29 is 71.1 Å². The largest absolute Gasteiger partial charge is 0.511 e. The van der Waals surface area contributed by atoms with Gasteiger partial charge in [-0.05, 0) is 35.7 Å². The number of carbonyl (C=O) groups excluding carboxylic acids is 4. The number of aliphatic hydroxyl groups excluding tert-OH is 3. The molecule has 18 heteroatoms. The van der Waals surface area contributed by atoms with Gasteiger partial charge in [-0.2, -0.15) is 26.3 Å². The van der Waals surface area contributed by atoms with Crippen LogP contribution in [0.2, 0.25) is 0 Å². The Bertz CT molecular complexity index is 1800. The van der Waals surface area contributed by atoms with Gasteiger partial charge in [-0.25, -0.2) is 4.79 Å². The van der Waals surface area contributed by atoms with E-state index in [1.807, 2.05) is 5.32 Å². The number of fused-ring (bicyclic) bond motifs is 3. The Morgan fingerprint density at radius 3 is 2.06 bits per heavy atom. The van der Waals surface area contributed by atoms with E-state index in [4.69, 9.17) is 5.73 Å². The Hall–Kier alpha value is -5.10. The number of nitrogens with two attached hydrogens (primary N) is 1. The zero-order valence-corrected chi connectivity index (χ0v) is 23.6. The summed E-state index contributed by atoms with van der Waals surface area (Å²) in [6.45, 7) is 1.44. The molecule has 12 nitrogen and oxygen atoms in total. The van der Waals surface area contributed by atoms with Crippen molar-refractivity contribution in [2.24, 2.45) is 17.6 Å². The lowest BCUT2D eigenvalue weighted by Gasteiger charge is -2.50. The predicted octanol–water partition coefficient (Wildman–Crippen LogP) is 3.79. The van der Waals surface area contributed by atoms with Crippen molar-refractivity contribution >= 4 is 34.9 Å². The first-order chi connectivity index (χ1) is 21.6. The Kier molecular flexibility index (Phi) is 7.60. The van der Waals surface area contributed by atoms with E-state index >= 15 is 0 Å². The number of phenols is 1. The number of carbonyl (C=O) groups is 4. The summed E-state index contributed by atoms with van der Waals surface area (Å²) in [4.78, 5) is 51.4. The van der Waals surface area contributed by atoms with E-state index in [-0.39, 0.29) is 23.8 Å². The molecule has 0 aromatic heterocycles. The minimum absolute atomic E-state index is 0.0388. The number of hydrogen-bond donors (Lipinski definition) is 8. The molecule has 2 aromatic rings. The quantitative estimate of drug-likeness (QED) is 0.135. The van der Waals surface area contributed by atoms with Gasteiger partial charge in [-0.15, -0.1) is 0 Å². The zero-order chi connectivity index (χ0) is 35.1. The number of primary amides is 1. The zero-order valence-electron chi connectivity index (χ0n) is 23.6. The number of allylic oxidation sites excluding steroid dienone is 1. The Balaban J connectivity index is 1.52. The summed E-state index contributed by atoms with van der Waals surface area (Å²) in [5, 5.41) is 58.9. The normalized spacial score (nSPS) is 26.0. The number of halogens is 6. The third kappa shape index (κ3) is 5.12. The molecule has 3 aliphatic carbocycles. The molecule has 3 aliphatic rings. The number of Topliss-reactive ketones (excluding diaryl/α,β-unsaturated/α-hetero) is 2. The number of alkyl halides is 6. The molecule has 0 radical (unpaired) electrons. The summed E-state index contributed by atoms with van der Waals surface area (Å²) in [7, 11) is 0. The molecular formula is C29H23F6N3O9. The van der Waals surface area contributed by atoms with Crippen molar-refractivity contribution in [2.75, 3.05) is 10.6 Å². The molecule has 0 heterocycles. The lowest BCUT2D eigenvalue weighted by Crippen LogP contribution is -2.62. The van der Waals surface area contributed by atoms with Crippen LogP contribution in [0.3, 0.4) is 0 Å². The van der Waals surface area contributed by atoms with Crippen molar-refractivity contribution in [2.45, 2.75) is 43.3 Å². The van der Waals surface area contributed by atoms with Gasteiger partial charge in [0.25, 0.3) is 5.91 Å². The smallest absolute Gasteiger partial charge is 0.416 e. The molecule has 5 rings (SSSR count). The summed E-state index contributed by atoms with van der Waals surface area (Å²) in [5.41, 5.74) is -5.25. The van der Waals surface area contributed by atoms with Gasteiger partial charge < -0.3 is 41.9 Å². The van der Waals surface area contributed by atoms with E-state index in [0.29, 0.717) is 0 Å². The summed E-state index contributed by atoms with van der Waals surface area (Å²) in [6.07, 6.45) is -12.9. The molecule has 0 aliphatic heterocycles. The highest BCUT2D eigenvalue weighted by molar-refractivity contribution is 6.24. The lowest BCUT2D eigenvalue weighted by molar-refractivity contribution is -0.154. The number of phenolic OH excluding ortho intramolecular Hbond substituents is 1. The fraction of sp³-hybridized carbons (Fsp3) is 0.310. The number of amides is 3. The maximum absolute atomic E-state index is 13.8. The van der Waals surface area contributed by atoms with Crippen molar-refractivity contribution in [3.05, 3.63) is 75.3 Å². The maximum atomic E-state index is 13.8. The van der Waals surface area contributed by atoms with Crippen LogP contribution in [-0.4, -0.2) is 60.7 Å². The van der Waals surface area contributed by atoms with Crippen LogP contribution in [0, 0.1) is 11.8 Å². The van der Waals surface area contributed by atoms with Crippen molar-refractivity contribution in [1.29, 1.82) is 0 Å². The standard InChI is InChI=1S/C29H23F6N3O9/c1-8-12-2-3-14(38-26(46)37-11-5-9(28(30,31)32)4-10(6-11)29(33,34)35)21(41)17(12)22(42)19-16(8)20(40)13-7-15(39)18(25(36)45)23(43)27(13,47)24(19)44/h2-6,8,13,16,20,39-41,44,47H,7H2,1H3,(H2,36,45)(H2,37,38,46)/t8-,13+,16+,20+,27+/m0/s1. The molecule has 0 saturated heterocycles. The van der Waals surface area contributed by atoms with Crippen molar-refractivity contribution in [3.63, 3.8) is 0 Å². The number of ketones is 2. The molecule has 9 N–H and O–H groups in total. The summed E-state index contributed by atoms with van der Waals surface area (Å²) in [5.74, 6) is -11.4. The van der Waals surface area contributed by atoms with Crippen LogP contribution >= 0.6 is 0 Å². The van der Waals surface area contributed by atoms with Gasteiger partial charge in [0.1, 0.15) is 17.1 Å². The van der Waals surface area contributed by atoms with Gasteiger partial charge in [0.15, 0.2) is 17.1 Å². The monoisotopic (exact) mass is 671 g/mol. The number of nitrogens with one attached hydrogen (secondary N) is 2. The number of urea groups is 1. The van der Waals surface area contributed by atoms with Gasteiger partial charge in [0.2, 0.25) is 5.78 Å². The molecule has 0 spiro atoms. The number of aliphatic hydroxyl groups is 4. The van der Waals surface area contributed by atoms with E-state index < -0.39 is 128 Å². The predicted molar refractivity (Wildman–Crippen MR) is 146 cm³/mol. The number of benzene rings is 2. The molecule has 0 fully saturated rings. The first-order valence-corrected chi connectivity index (χ1v) is 13.5. The first kappa shape index (κ1) is 33.3. The highest BCUT2D eigenvalue weighted by Crippen LogP contribution is 2.55. The third-order valence-corrected chi connectivity index (χ3v) is 8.59. The second-order valence-corrected chi connectivity index (χ2v) is 11.3. The van der Waals surface area contributed by atoms with Crippen LogP contribution in [0.15, 0.2) is 53.0 Å². The average Bonchev–Trinajstić information content (AvgIpc) is 2.95. The fourth-order valence-electron chi connectivity index (χ4n) is 6.41. The molecule has 5 atom stereocenters. The average molecular weight is 672 g/mol. The topological polar surface area (TPSA) is 220 Å². The number of anilines is 2. The second-order valence-electron chi connectivity index (χ2n) is 11.3. The fourth-order valence-corrected chi connectivity index (χ4v) is 6.41. The van der Waals surface area contributed by atoms with Gasteiger partial charge in [0.05, 0.1) is 28.5 Å². The van der Waals surface area contributed by atoms with E-state index in [1.165, 1.54) is 13.0 Å². The minimum atomic E-state index is -5.21. The van der Waals surface area contributed by atoms with Gasteiger partial charge in [0, 0.05) is 29.5 Å². The van der Waals surface area contributed by atoms with Crippen LogP contribution in [0.1, 0.15) is 46.3 Å². The van der Waals surface area contributed by atoms with Crippen LogP contribution < -0.4 is 16.4 Å². The van der Waals surface area contributed by atoms with E-state index in [2.05, 4.69) is 0 Å². The molecule has 47 heavy (non-hydrogen) atoms. The molecule has 250 valence electrons. The first-order valence-electron chi connectivity index (χ1n) is 13.5. The lowest BCUT2D eigenvalue weighted by atomic mass is 9.56. The van der Waals surface area contributed by atoms with Crippen LogP contribution in [0.25, 0.3) is 0 Å². The molecule has 0 saturated carbocycles. The molecule has 0 unspecified atom stereocenters.